The lowest BCUT2D eigenvalue weighted by Gasteiger charge is -2.31. The molecule has 0 amide bonds. The molecule has 0 spiro atoms. The molecule has 0 radical (unpaired) electrons. The molecule has 4 nitrogen and oxygen atoms in total. The van der Waals surface area contributed by atoms with E-state index in [0.29, 0.717) is 26.1 Å². The van der Waals surface area contributed by atoms with E-state index in [4.69, 9.17) is 4.74 Å². The van der Waals surface area contributed by atoms with Gasteiger partial charge in [-0.3, -0.25) is 0 Å². The van der Waals surface area contributed by atoms with E-state index in [0.717, 1.165) is 11.5 Å². The van der Waals surface area contributed by atoms with Crippen LogP contribution in [0.2, 0.25) is 0 Å². The lowest BCUT2D eigenvalue weighted by molar-refractivity contribution is -0.0704. The van der Waals surface area contributed by atoms with Gasteiger partial charge in [0, 0.05) is 33.1 Å². The van der Waals surface area contributed by atoms with Gasteiger partial charge in [0.05, 0.1) is 5.69 Å². The largest absolute Gasteiger partial charge is 0.383 e. The summed E-state index contributed by atoms with van der Waals surface area (Å²) in [6.07, 6.45) is 1.24. The van der Waals surface area contributed by atoms with E-state index in [-0.39, 0.29) is 0 Å². The Morgan fingerprint density at radius 1 is 1.40 bits per heavy atom. The Balaban J connectivity index is 2.26. The van der Waals surface area contributed by atoms with Crippen molar-refractivity contribution in [3.63, 3.8) is 0 Å². The lowest BCUT2D eigenvalue weighted by Crippen LogP contribution is -2.34. The van der Waals surface area contributed by atoms with Crippen LogP contribution in [0.25, 0.3) is 0 Å². The van der Waals surface area contributed by atoms with E-state index in [2.05, 4.69) is 10.3 Å². The predicted molar refractivity (Wildman–Crippen MR) is 57.7 cm³/mol. The zero-order valence-corrected chi connectivity index (χ0v) is 8.86. The first-order valence-corrected chi connectivity index (χ1v) is 5.20. The van der Waals surface area contributed by atoms with Gasteiger partial charge in [0.1, 0.15) is 11.4 Å². The fourth-order valence-corrected chi connectivity index (χ4v) is 1.80. The monoisotopic (exact) mass is 208 g/mol. The van der Waals surface area contributed by atoms with E-state index >= 15 is 0 Å². The molecule has 2 heterocycles. The van der Waals surface area contributed by atoms with Crippen LogP contribution < -0.4 is 5.32 Å². The minimum Gasteiger partial charge on any atom is -0.383 e. The third-order valence-electron chi connectivity index (χ3n) is 2.80. The van der Waals surface area contributed by atoms with Crippen LogP contribution in [0.4, 0.5) is 5.82 Å². The highest BCUT2D eigenvalue weighted by molar-refractivity contribution is 5.35. The van der Waals surface area contributed by atoms with Crippen molar-refractivity contribution in [1.29, 1.82) is 0 Å². The molecule has 0 bridgehead atoms. The molecule has 1 saturated heterocycles. The number of pyridine rings is 1. The van der Waals surface area contributed by atoms with Crippen molar-refractivity contribution in [2.24, 2.45) is 0 Å². The van der Waals surface area contributed by atoms with Gasteiger partial charge in [-0.25, -0.2) is 4.98 Å². The topological polar surface area (TPSA) is 54.4 Å². The van der Waals surface area contributed by atoms with Crippen molar-refractivity contribution in [2.45, 2.75) is 18.4 Å². The summed E-state index contributed by atoms with van der Waals surface area (Å²) in [5, 5.41) is 13.4. The van der Waals surface area contributed by atoms with Crippen LogP contribution in [0.15, 0.2) is 18.2 Å². The molecular formula is C11H16N2O2. The molecule has 0 aliphatic carbocycles. The van der Waals surface area contributed by atoms with E-state index < -0.39 is 5.60 Å². The van der Waals surface area contributed by atoms with Crippen molar-refractivity contribution >= 4 is 5.82 Å². The fourth-order valence-electron chi connectivity index (χ4n) is 1.80. The summed E-state index contributed by atoms with van der Waals surface area (Å²) in [6.45, 7) is 1.20. The van der Waals surface area contributed by atoms with Crippen LogP contribution in [0.3, 0.4) is 0 Å². The summed E-state index contributed by atoms with van der Waals surface area (Å²) >= 11 is 0. The molecule has 0 aromatic carbocycles. The Hall–Kier alpha value is -1.13. The third-order valence-corrected chi connectivity index (χ3v) is 2.80. The Kier molecular flexibility index (Phi) is 2.88. The Bertz CT molecular complexity index is 335. The van der Waals surface area contributed by atoms with Gasteiger partial charge in [0.25, 0.3) is 0 Å². The molecule has 1 aromatic rings. The molecule has 1 aromatic heterocycles. The fraction of sp³-hybridized carbons (Fsp3) is 0.545. The molecule has 2 rings (SSSR count). The normalized spacial score (nSPS) is 19.9. The molecule has 15 heavy (non-hydrogen) atoms. The first-order valence-electron chi connectivity index (χ1n) is 5.20. The second kappa shape index (κ2) is 4.16. The summed E-state index contributed by atoms with van der Waals surface area (Å²) < 4.78 is 5.24. The van der Waals surface area contributed by atoms with Crippen molar-refractivity contribution in [1.82, 2.24) is 4.98 Å². The van der Waals surface area contributed by atoms with Gasteiger partial charge in [0.15, 0.2) is 0 Å². The van der Waals surface area contributed by atoms with Crippen molar-refractivity contribution in [2.75, 3.05) is 25.6 Å². The average Bonchev–Trinajstić information content (AvgIpc) is 2.30. The quantitative estimate of drug-likeness (QED) is 0.764. The Labute approximate surface area is 89.3 Å². The average molecular weight is 208 g/mol. The highest BCUT2D eigenvalue weighted by atomic mass is 16.5. The Morgan fingerprint density at radius 2 is 2.13 bits per heavy atom. The molecule has 1 aliphatic heterocycles. The maximum absolute atomic E-state index is 10.4. The number of hydrogen-bond donors (Lipinski definition) is 2. The molecule has 0 saturated carbocycles. The zero-order chi connectivity index (χ0) is 10.7. The first-order chi connectivity index (χ1) is 7.24. The predicted octanol–water partition coefficient (Wildman–Crippen LogP) is 1.12. The Morgan fingerprint density at radius 3 is 2.80 bits per heavy atom. The van der Waals surface area contributed by atoms with Crippen LogP contribution in [0.5, 0.6) is 0 Å². The van der Waals surface area contributed by atoms with E-state index in [1.54, 1.807) is 0 Å². The van der Waals surface area contributed by atoms with Gasteiger partial charge in [-0.1, -0.05) is 6.07 Å². The van der Waals surface area contributed by atoms with Gasteiger partial charge in [-0.05, 0) is 12.1 Å². The second-order valence-corrected chi connectivity index (χ2v) is 3.80. The second-order valence-electron chi connectivity index (χ2n) is 3.80. The minimum absolute atomic E-state index is 0.599. The number of aliphatic hydroxyl groups is 1. The SMILES string of the molecule is CNc1cccc(C2(O)CCOCC2)n1. The smallest absolute Gasteiger partial charge is 0.126 e. The number of anilines is 1. The maximum Gasteiger partial charge on any atom is 0.126 e. The van der Waals surface area contributed by atoms with E-state index in [1.807, 2.05) is 25.2 Å². The highest BCUT2D eigenvalue weighted by Crippen LogP contribution is 2.30. The molecular weight excluding hydrogens is 192 g/mol. The number of ether oxygens (including phenoxy) is 1. The summed E-state index contributed by atoms with van der Waals surface area (Å²) in [7, 11) is 1.82. The number of rotatable bonds is 2. The van der Waals surface area contributed by atoms with Crippen molar-refractivity contribution < 1.29 is 9.84 Å². The van der Waals surface area contributed by atoms with Crippen LogP contribution in [0, 0.1) is 0 Å². The highest BCUT2D eigenvalue weighted by Gasteiger charge is 2.33. The number of aromatic nitrogens is 1. The maximum atomic E-state index is 10.4. The molecule has 2 N–H and O–H groups in total. The standard InChI is InChI=1S/C11H16N2O2/c1-12-10-4-2-3-9(13-10)11(14)5-7-15-8-6-11/h2-4,14H,5-8H2,1H3,(H,12,13). The first kappa shape index (κ1) is 10.4. The van der Waals surface area contributed by atoms with Crippen molar-refractivity contribution in [3.8, 4) is 0 Å². The number of nitrogens with one attached hydrogen (secondary N) is 1. The van der Waals surface area contributed by atoms with E-state index in [9.17, 15) is 5.11 Å². The molecule has 1 fully saturated rings. The van der Waals surface area contributed by atoms with Crippen LogP contribution in [-0.2, 0) is 10.3 Å². The molecule has 4 heteroatoms. The van der Waals surface area contributed by atoms with Gasteiger partial charge < -0.3 is 15.2 Å². The van der Waals surface area contributed by atoms with Crippen LogP contribution in [-0.4, -0.2) is 30.4 Å². The van der Waals surface area contributed by atoms with E-state index in [1.165, 1.54) is 0 Å². The molecule has 82 valence electrons. The summed E-state index contributed by atoms with van der Waals surface area (Å²) in [4.78, 5) is 4.37. The van der Waals surface area contributed by atoms with Gasteiger partial charge in [-0.2, -0.15) is 0 Å². The molecule has 1 aliphatic rings. The van der Waals surface area contributed by atoms with Gasteiger partial charge >= 0.3 is 0 Å². The number of nitrogens with zero attached hydrogens (tertiary/aromatic N) is 1. The van der Waals surface area contributed by atoms with Crippen molar-refractivity contribution in [3.05, 3.63) is 23.9 Å². The van der Waals surface area contributed by atoms with Gasteiger partial charge in [0.2, 0.25) is 0 Å². The summed E-state index contributed by atoms with van der Waals surface area (Å²) in [5.74, 6) is 0.785. The molecule has 0 unspecified atom stereocenters. The van der Waals surface area contributed by atoms with Crippen LogP contribution in [0.1, 0.15) is 18.5 Å². The van der Waals surface area contributed by atoms with Crippen LogP contribution >= 0.6 is 0 Å². The zero-order valence-electron chi connectivity index (χ0n) is 8.86. The lowest BCUT2D eigenvalue weighted by atomic mass is 9.90. The summed E-state index contributed by atoms with van der Waals surface area (Å²) in [6, 6.07) is 5.65. The third kappa shape index (κ3) is 2.11. The summed E-state index contributed by atoms with van der Waals surface area (Å²) in [5.41, 5.74) is -0.0804. The number of hydrogen-bond acceptors (Lipinski definition) is 4. The minimum atomic E-state index is -0.814. The van der Waals surface area contributed by atoms with Gasteiger partial charge in [-0.15, -0.1) is 0 Å². The molecule has 0 atom stereocenters.